The Kier molecular flexibility index (Phi) is 8.43. The molecule has 0 fully saturated rings. The summed E-state index contributed by atoms with van der Waals surface area (Å²) in [6, 6.07) is 14.3. The highest BCUT2D eigenvalue weighted by molar-refractivity contribution is 5.89. The third kappa shape index (κ3) is 6.10. The lowest BCUT2D eigenvalue weighted by Gasteiger charge is -2.22. The van der Waals surface area contributed by atoms with Crippen LogP contribution in [0.2, 0.25) is 0 Å². The van der Waals surface area contributed by atoms with Crippen LogP contribution in [-0.4, -0.2) is 53.5 Å². The minimum atomic E-state index is -1.28. The zero-order valence-corrected chi connectivity index (χ0v) is 18.6. The molecule has 8 heteroatoms. The van der Waals surface area contributed by atoms with Crippen LogP contribution >= 0.6 is 0 Å². The molecule has 2 unspecified atom stereocenters. The average Bonchev–Trinajstić information content (AvgIpc) is 3.11. The summed E-state index contributed by atoms with van der Waals surface area (Å²) in [5.74, 6) is -1.98. The summed E-state index contributed by atoms with van der Waals surface area (Å²) < 4.78 is 5.44. The number of carbonyl (C=O) groups is 3. The number of carboxylic acids is 1. The van der Waals surface area contributed by atoms with Gasteiger partial charge >= 0.3 is 12.1 Å². The molecule has 33 heavy (non-hydrogen) atoms. The number of aliphatic hydroxyl groups is 1. The molecule has 4 N–H and O–H groups in total. The number of nitrogens with one attached hydrogen (secondary N) is 2. The van der Waals surface area contributed by atoms with Gasteiger partial charge in [0.2, 0.25) is 5.91 Å². The number of hydrogen-bond acceptors (Lipinski definition) is 5. The van der Waals surface area contributed by atoms with E-state index in [4.69, 9.17) is 4.74 Å². The van der Waals surface area contributed by atoms with Crippen molar-refractivity contribution in [2.45, 2.75) is 50.6 Å². The van der Waals surface area contributed by atoms with Crippen LogP contribution in [0.15, 0.2) is 48.5 Å². The highest BCUT2D eigenvalue weighted by atomic mass is 16.5. The van der Waals surface area contributed by atoms with Crippen LogP contribution in [0.1, 0.15) is 49.7 Å². The van der Waals surface area contributed by atoms with Crippen LogP contribution < -0.4 is 10.6 Å². The second kappa shape index (κ2) is 11.5. The smallest absolute Gasteiger partial charge is 0.407 e. The number of ether oxygens (including phenoxy) is 1. The maximum Gasteiger partial charge on any atom is 0.407 e. The standard InChI is InChI=1S/C25H30N2O6/c1-2-7-16(12-13-28)26-24(31)22(14-23(29)30)27-25(32)33-15-21-19-10-5-3-8-17(19)18-9-4-6-11-20(18)21/h3-6,8-11,16,21-22,28H,2,7,12-15H2,1H3,(H,26,31)(H,27,32)(H,29,30). The van der Waals surface area contributed by atoms with E-state index < -0.39 is 30.4 Å². The van der Waals surface area contributed by atoms with Crippen molar-refractivity contribution >= 4 is 18.0 Å². The fraction of sp³-hybridized carbons (Fsp3) is 0.400. The van der Waals surface area contributed by atoms with Gasteiger partial charge < -0.3 is 25.6 Å². The third-order valence-corrected chi connectivity index (χ3v) is 5.79. The number of aliphatic hydroxyl groups excluding tert-OH is 1. The number of aliphatic carboxylic acids is 1. The van der Waals surface area contributed by atoms with Gasteiger partial charge in [-0.3, -0.25) is 9.59 Å². The van der Waals surface area contributed by atoms with E-state index >= 15 is 0 Å². The Morgan fingerprint density at radius 3 is 2.12 bits per heavy atom. The predicted molar refractivity (Wildman–Crippen MR) is 123 cm³/mol. The van der Waals surface area contributed by atoms with Crippen LogP contribution in [-0.2, 0) is 14.3 Å². The van der Waals surface area contributed by atoms with E-state index in [1.165, 1.54) is 0 Å². The molecule has 0 saturated heterocycles. The Morgan fingerprint density at radius 2 is 1.58 bits per heavy atom. The molecular formula is C25H30N2O6. The Bertz CT molecular complexity index is 941. The molecule has 1 aliphatic carbocycles. The van der Waals surface area contributed by atoms with Gasteiger partial charge in [0.1, 0.15) is 12.6 Å². The zero-order chi connectivity index (χ0) is 23.8. The van der Waals surface area contributed by atoms with Crippen molar-refractivity contribution in [1.82, 2.24) is 10.6 Å². The Labute approximate surface area is 193 Å². The summed E-state index contributed by atoms with van der Waals surface area (Å²) in [6.07, 6.45) is 0.344. The van der Waals surface area contributed by atoms with Crippen LogP contribution in [0, 0.1) is 0 Å². The maximum absolute atomic E-state index is 12.6. The normalized spacial score (nSPS) is 14.0. The summed E-state index contributed by atoms with van der Waals surface area (Å²) in [7, 11) is 0. The molecule has 0 aliphatic heterocycles. The minimum absolute atomic E-state index is 0.0598. The van der Waals surface area contributed by atoms with Crippen molar-refractivity contribution in [2.24, 2.45) is 0 Å². The largest absolute Gasteiger partial charge is 0.481 e. The maximum atomic E-state index is 12.6. The molecule has 176 valence electrons. The van der Waals surface area contributed by atoms with Crippen LogP contribution in [0.25, 0.3) is 11.1 Å². The number of amides is 2. The average molecular weight is 455 g/mol. The lowest BCUT2D eigenvalue weighted by Crippen LogP contribution is -2.50. The van der Waals surface area contributed by atoms with Gasteiger partial charge in [0.25, 0.3) is 0 Å². The van der Waals surface area contributed by atoms with E-state index in [-0.39, 0.29) is 25.2 Å². The number of rotatable bonds is 11. The number of fused-ring (bicyclic) bond motifs is 3. The van der Waals surface area contributed by atoms with Crippen LogP contribution in [0.4, 0.5) is 4.79 Å². The van der Waals surface area contributed by atoms with E-state index in [1.54, 1.807) is 0 Å². The Balaban J connectivity index is 1.65. The molecule has 0 heterocycles. The number of alkyl carbamates (subject to hydrolysis) is 1. The van der Waals surface area contributed by atoms with Crippen molar-refractivity contribution in [1.29, 1.82) is 0 Å². The van der Waals surface area contributed by atoms with Crippen molar-refractivity contribution in [3.63, 3.8) is 0 Å². The highest BCUT2D eigenvalue weighted by Crippen LogP contribution is 2.44. The topological polar surface area (TPSA) is 125 Å². The van der Waals surface area contributed by atoms with Gasteiger partial charge in [-0.05, 0) is 35.1 Å². The molecule has 2 amide bonds. The number of hydrogen-bond donors (Lipinski definition) is 4. The molecule has 2 aromatic carbocycles. The summed E-state index contributed by atoms with van der Waals surface area (Å²) in [4.78, 5) is 36.4. The van der Waals surface area contributed by atoms with Gasteiger partial charge in [0.05, 0.1) is 6.42 Å². The zero-order valence-electron chi connectivity index (χ0n) is 18.6. The van der Waals surface area contributed by atoms with Gasteiger partial charge in [0.15, 0.2) is 0 Å². The number of carboxylic acid groups (broad SMARTS) is 1. The van der Waals surface area contributed by atoms with Gasteiger partial charge in [-0.2, -0.15) is 0 Å². The first-order valence-electron chi connectivity index (χ1n) is 11.2. The number of benzene rings is 2. The van der Waals surface area contributed by atoms with Gasteiger partial charge in [-0.1, -0.05) is 61.9 Å². The predicted octanol–water partition coefficient (Wildman–Crippen LogP) is 3.04. The molecule has 1 aliphatic rings. The molecule has 2 atom stereocenters. The second-order valence-corrected chi connectivity index (χ2v) is 8.13. The third-order valence-electron chi connectivity index (χ3n) is 5.79. The highest BCUT2D eigenvalue weighted by Gasteiger charge is 2.30. The van der Waals surface area contributed by atoms with Crippen molar-refractivity contribution in [3.05, 3.63) is 59.7 Å². The summed E-state index contributed by atoms with van der Waals surface area (Å²) in [6.45, 7) is 1.90. The summed E-state index contributed by atoms with van der Waals surface area (Å²) >= 11 is 0. The Morgan fingerprint density at radius 1 is 0.970 bits per heavy atom. The second-order valence-electron chi connectivity index (χ2n) is 8.13. The van der Waals surface area contributed by atoms with Gasteiger partial charge in [-0.25, -0.2) is 4.79 Å². The first kappa shape index (κ1) is 24.3. The molecule has 0 spiro atoms. The summed E-state index contributed by atoms with van der Waals surface area (Å²) in [5.41, 5.74) is 4.29. The molecule has 2 aromatic rings. The van der Waals surface area contributed by atoms with Crippen LogP contribution in [0.5, 0.6) is 0 Å². The van der Waals surface area contributed by atoms with Crippen molar-refractivity contribution < 1.29 is 29.3 Å². The van der Waals surface area contributed by atoms with E-state index in [2.05, 4.69) is 10.6 Å². The SMILES string of the molecule is CCCC(CCO)NC(=O)C(CC(=O)O)NC(=O)OCC1c2ccccc2-c2ccccc21. The van der Waals surface area contributed by atoms with E-state index in [0.29, 0.717) is 12.8 Å². The molecule has 0 aromatic heterocycles. The van der Waals surface area contributed by atoms with Gasteiger partial charge in [0, 0.05) is 18.6 Å². The van der Waals surface area contributed by atoms with E-state index in [9.17, 15) is 24.6 Å². The lowest BCUT2D eigenvalue weighted by molar-refractivity contribution is -0.140. The molecular weight excluding hydrogens is 424 g/mol. The van der Waals surface area contributed by atoms with Gasteiger partial charge in [-0.15, -0.1) is 0 Å². The Hall–Kier alpha value is -3.39. The van der Waals surface area contributed by atoms with Crippen LogP contribution in [0.3, 0.4) is 0 Å². The number of carbonyl (C=O) groups excluding carboxylic acids is 2. The molecule has 0 radical (unpaired) electrons. The summed E-state index contributed by atoms with van der Waals surface area (Å²) in [5, 5.41) is 23.5. The monoisotopic (exact) mass is 454 g/mol. The van der Waals surface area contributed by atoms with Crippen molar-refractivity contribution in [3.8, 4) is 11.1 Å². The molecule has 3 rings (SSSR count). The fourth-order valence-corrected chi connectivity index (χ4v) is 4.26. The molecule has 8 nitrogen and oxygen atoms in total. The lowest BCUT2D eigenvalue weighted by atomic mass is 9.98. The minimum Gasteiger partial charge on any atom is -0.481 e. The fourth-order valence-electron chi connectivity index (χ4n) is 4.26. The first-order chi connectivity index (χ1) is 15.9. The first-order valence-corrected chi connectivity index (χ1v) is 11.2. The quantitative estimate of drug-likeness (QED) is 0.414. The van der Waals surface area contributed by atoms with Crippen molar-refractivity contribution in [2.75, 3.05) is 13.2 Å². The molecule has 0 bridgehead atoms. The molecule has 0 saturated carbocycles. The van der Waals surface area contributed by atoms with E-state index in [1.807, 2.05) is 55.5 Å². The van der Waals surface area contributed by atoms with E-state index in [0.717, 1.165) is 28.7 Å².